The quantitative estimate of drug-likeness (QED) is 0.423. The third-order valence-electron chi connectivity index (χ3n) is 5.16. The molecule has 0 heterocycles. The maximum absolute atomic E-state index is 3.62. The van der Waals surface area contributed by atoms with Crippen LogP contribution in [0.25, 0.3) is 0 Å². The van der Waals surface area contributed by atoms with E-state index < -0.39 is 0 Å². The Morgan fingerprint density at radius 2 is 0.897 bits per heavy atom. The number of nitrogens with zero attached hydrogens (tertiary/aromatic N) is 1. The molecule has 0 spiro atoms. The van der Waals surface area contributed by atoms with Crippen molar-refractivity contribution in [1.29, 1.82) is 0 Å². The lowest BCUT2D eigenvalue weighted by molar-refractivity contribution is 0.280. The first-order valence-electron chi connectivity index (χ1n) is 10.4. The van der Waals surface area contributed by atoms with E-state index in [4.69, 9.17) is 0 Å². The van der Waals surface area contributed by atoms with Crippen LogP contribution in [0, 0.1) is 0 Å². The van der Waals surface area contributed by atoms with Crippen LogP contribution in [0.1, 0.15) is 16.7 Å². The first-order valence-corrected chi connectivity index (χ1v) is 10.4. The van der Waals surface area contributed by atoms with E-state index in [9.17, 15) is 0 Å². The minimum Gasteiger partial charge on any atom is -0.315 e. The van der Waals surface area contributed by atoms with Gasteiger partial charge in [0.05, 0.1) is 0 Å². The van der Waals surface area contributed by atoms with Crippen molar-refractivity contribution in [3.8, 4) is 0 Å². The maximum Gasteiger partial charge on any atom is 0.0107 e. The summed E-state index contributed by atoms with van der Waals surface area (Å²) in [6.07, 6.45) is 3.31. The SMILES string of the molecule is Cl.c1ccc(CCNCCN(CCc2ccccc2)CCc2ccccc2)cc1. The average molecular weight is 409 g/mol. The van der Waals surface area contributed by atoms with E-state index in [0.29, 0.717) is 0 Å². The monoisotopic (exact) mass is 408 g/mol. The minimum atomic E-state index is 0. The minimum absolute atomic E-state index is 0. The van der Waals surface area contributed by atoms with Crippen molar-refractivity contribution in [1.82, 2.24) is 10.2 Å². The lowest BCUT2D eigenvalue weighted by Gasteiger charge is -2.23. The Morgan fingerprint density at radius 1 is 0.483 bits per heavy atom. The number of benzene rings is 3. The number of rotatable bonds is 12. The van der Waals surface area contributed by atoms with Gasteiger partial charge in [0.25, 0.3) is 0 Å². The molecule has 154 valence electrons. The second kappa shape index (κ2) is 13.9. The van der Waals surface area contributed by atoms with Crippen LogP contribution >= 0.6 is 12.4 Å². The molecule has 1 N–H and O–H groups in total. The molecule has 3 aromatic carbocycles. The Hall–Kier alpha value is -2.13. The molecule has 0 aliphatic rings. The zero-order chi connectivity index (χ0) is 19.3. The van der Waals surface area contributed by atoms with Crippen LogP contribution in [-0.2, 0) is 19.3 Å². The van der Waals surface area contributed by atoms with E-state index >= 15 is 0 Å². The molecule has 0 fully saturated rings. The Morgan fingerprint density at radius 3 is 1.34 bits per heavy atom. The Bertz CT molecular complexity index is 719. The molecule has 0 aromatic heterocycles. The van der Waals surface area contributed by atoms with Crippen LogP contribution < -0.4 is 5.32 Å². The van der Waals surface area contributed by atoms with Crippen LogP contribution in [0.5, 0.6) is 0 Å². The summed E-state index contributed by atoms with van der Waals surface area (Å²) in [5, 5.41) is 3.62. The smallest absolute Gasteiger partial charge is 0.0107 e. The number of halogens is 1. The fourth-order valence-corrected chi connectivity index (χ4v) is 3.44. The summed E-state index contributed by atoms with van der Waals surface area (Å²) in [4.78, 5) is 2.59. The average Bonchev–Trinajstić information content (AvgIpc) is 2.77. The molecule has 0 amide bonds. The summed E-state index contributed by atoms with van der Waals surface area (Å²) >= 11 is 0. The van der Waals surface area contributed by atoms with Crippen LogP contribution in [0.3, 0.4) is 0 Å². The highest BCUT2D eigenvalue weighted by atomic mass is 35.5. The van der Waals surface area contributed by atoms with Gasteiger partial charge >= 0.3 is 0 Å². The molecule has 0 aliphatic carbocycles. The zero-order valence-electron chi connectivity index (χ0n) is 17.2. The molecule has 2 nitrogen and oxygen atoms in total. The summed E-state index contributed by atoms with van der Waals surface area (Å²) in [6, 6.07) is 32.3. The molecule has 0 bridgehead atoms. The van der Waals surface area contributed by atoms with Gasteiger partial charge in [-0.2, -0.15) is 0 Å². The lowest BCUT2D eigenvalue weighted by atomic mass is 10.1. The van der Waals surface area contributed by atoms with Crippen molar-refractivity contribution < 1.29 is 0 Å². The van der Waals surface area contributed by atoms with Gasteiger partial charge in [0.2, 0.25) is 0 Å². The van der Waals surface area contributed by atoms with Gasteiger partial charge < -0.3 is 10.2 Å². The van der Waals surface area contributed by atoms with E-state index in [0.717, 1.165) is 52.0 Å². The van der Waals surface area contributed by atoms with Crippen LogP contribution in [-0.4, -0.2) is 37.6 Å². The second-order valence-corrected chi connectivity index (χ2v) is 7.30. The summed E-state index contributed by atoms with van der Waals surface area (Å²) in [6.45, 7) is 5.38. The van der Waals surface area contributed by atoms with Crippen molar-refractivity contribution in [3.63, 3.8) is 0 Å². The molecular weight excluding hydrogens is 376 g/mol. The topological polar surface area (TPSA) is 15.3 Å². The number of nitrogens with one attached hydrogen (secondary N) is 1. The van der Waals surface area contributed by atoms with E-state index in [2.05, 4.69) is 101 Å². The van der Waals surface area contributed by atoms with Gasteiger partial charge in [0.1, 0.15) is 0 Å². The first kappa shape index (κ1) is 23.2. The molecule has 0 unspecified atom stereocenters. The standard InChI is InChI=1S/C26H32N2.ClH/c1-4-10-24(11-5-1)16-19-27-20-23-28(21-17-25-12-6-2-7-13-25)22-18-26-14-8-3-9-15-26;/h1-15,27H,16-23H2;1H. The molecule has 3 rings (SSSR count). The molecule has 29 heavy (non-hydrogen) atoms. The first-order chi connectivity index (χ1) is 13.9. The number of hydrogen-bond donors (Lipinski definition) is 1. The fourth-order valence-electron chi connectivity index (χ4n) is 3.44. The predicted molar refractivity (Wildman–Crippen MR) is 127 cm³/mol. The Labute approximate surface area is 182 Å². The summed E-state index contributed by atoms with van der Waals surface area (Å²) < 4.78 is 0. The van der Waals surface area contributed by atoms with Crippen molar-refractivity contribution >= 4 is 12.4 Å². The van der Waals surface area contributed by atoms with Gasteiger partial charge in [0.15, 0.2) is 0 Å². The third kappa shape index (κ3) is 9.27. The largest absolute Gasteiger partial charge is 0.315 e. The van der Waals surface area contributed by atoms with Crippen LogP contribution in [0.15, 0.2) is 91.0 Å². The predicted octanol–water partition coefficient (Wildman–Crippen LogP) is 5.03. The Balaban J connectivity index is 0.00000300. The van der Waals surface area contributed by atoms with Crippen molar-refractivity contribution in [2.75, 3.05) is 32.7 Å². The highest BCUT2D eigenvalue weighted by molar-refractivity contribution is 5.85. The molecule has 3 aromatic rings. The zero-order valence-corrected chi connectivity index (χ0v) is 18.0. The van der Waals surface area contributed by atoms with E-state index in [1.807, 2.05) is 0 Å². The Kier molecular flexibility index (Phi) is 11.1. The van der Waals surface area contributed by atoms with Gasteiger partial charge in [-0.1, -0.05) is 91.0 Å². The van der Waals surface area contributed by atoms with Gasteiger partial charge in [-0.05, 0) is 42.5 Å². The highest BCUT2D eigenvalue weighted by Crippen LogP contribution is 2.05. The second-order valence-electron chi connectivity index (χ2n) is 7.30. The van der Waals surface area contributed by atoms with Gasteiger partial charge in [0, 0.05) is 26.2 Å². The normalized spacial score (nSPS) is 10.7. The number of hydrogen-bond acceptors (Lipinski definition) is 2. The van der Waals surface area contributed by atoms with Crippen molar-refractivity contribution in [2.45, 2.75) is 19.3 Å². The van der Waals surface area contributed by atoms with Gasteiger partial charge in [-0.25, -0.2) is 0 Å². The van der Waals surface area contributed by atoms with E-state index in [1.165, 1.54) is 16.7 Å². The fraction of sp³-hybridized carbons (Fsp3) is 0.308. The lowest BCUT2D eigenvalue weighted by Crippen LogP contribution is -2.35. The van der Waals surface area contributed by atoms with E-state index in [-0.39, 0.29) is 12.4 Å². The molecular formula is C26H33ClN2. The third-order valence-corrected chi connectivity index (χ3v) is 5.16. The summed E-state index contributed by atoms with van der Waals surface area (Å²) in [7, 11) is 0. The van der Waals surface area contributed by atoms with Crippen molar-refractivity contribution in [2.24, 2.45) is 0 Å². The van der Waals surface area contributed by atoms with Gasteiger partial charge in [-0.3, -0.25) is 0 Å². The molecule has 0 saturated heterocycles. The molecule has 0 saturated carbocycles. The summed E-state index contributed by atoms with van der Waals surface area (Å²) in [5.41, 5.74) is 4.24. The maximum atomic E-state index is 3.62. The van der Waals surface area contributed by atoms with Gasteiger partial charge in [-0.15, -0.1) is 12.4 Å². The highest BCUT2D eigenvalue weighted by Gasteiger charge is 2.06. The van der Waals surface area contributed by atoms with Crippen LogP contribution in [0.4, 0.5) is 0 Å². The molecule has 3 heteroatoms. The van der Waals surface area contributed by atoms with Crippen molar-refractivity contribution in [3.05, 3.63) is 108 Å². The molecule has 0 atom stereocenters. The van der Waals surface area contributed by atoms with E-state index in [1.54, 1.807) is 0 Å². The summed E-state index contributed by atoms with van der Waals surface area (Å²) in [5.74, 6) is 0. The molecule has 0 aliphatic heterocycles. The molecule has 0 radical (unpaired) electrons. The van der Waals surface area contributed by atoms with Crippen LogP contribution in [0.2, 0.25) is 0 Å².